The Morgan fingerprint density at radius 3 is 2.63 bits per heavy atom. The molecular formula is C21H20N4O2. The first kappa shape index (κ1) is 17.0. The van der Waals surface area contributed by atoms with Gasteiger partial charge in [0.25, 0.3) is 5.91 Å². The smallest absolute Gasteiger partial charge is 0.251 e. The molecule has 6 nitrogen and oxygen atoms in total. The maximum atomic E-state index is 12.4. The van der Waals surface area contributed by atoms with Gasteiger partial charge in [-0.3, -0.25) is 9.59 Å². The lowest BCUT2D eigenvalue weighted by Crippen LogP contribution is -2.28. The molecule has 1 atom stereocenters. The molecule has 0 saturated heterocycles. The molecule has 2 amide bonds. The van der Waals surface area contributed by atoms with Gasteiger partial charge in [-0.2, -0.15) is 5.10 Å². The number of aryl methyl sites for hydroxylation is 1. The van der Waals surface area contributed by atoms with Gasteiger partial charge in [0, 0.05) is 12.1 Å². The fourth-order valence-corrected chi connectivity index (χ4v) is 3.20. The summed E-state index contributed by atoms with van der Waals surface area (Å²) in [6.45, 7) is 2.46. The third-order valence-electron chi connectivity index (χ3n) is 4.71. The van der Waals surface area contributed by atoms with Crippen LogP contribution in [0.4, 0.5) is 5.82 Å². The second kappa shape index (κ2) is 7.07. The second-order valence-electron chi connectivity index (χ2n) is 6.69. The minimum atomic E-state index is -0.630. The number of amides is 2. The number of hydrogen-bond acceptors (Lipinski definition) is 3. The monoisotopic (exact) mass is 360 g/mol. The third kappa shape index (κ3) is 3.46. The normalized spacial score (nSPS) is 15.3. The number of fused-ring (bicyclic) bond motifs is 1. The number of rotatable bonds is 5. The molecule has 0 aliphatic carbocycles. The lowest BCUT2D eigenvalue weighted by atomic mass is 10.1. The SMILES string of the molecule is Cc1ccc(-c2cnn3c2NC(=O)C3CC(=O)NCc2ccccc2)cc1. The summed E-state index contributed by atoms with van der Waals surface area (Å²) >= 11 is 0. The van der Waals surface area contributed by atoms with Crippen LogP contribution >= 0.6 is 0 Å². The van der Waals surface area contributed by atoms with E-state index in [0.717, 1.165) is 16.7 Å². The zero-order chi connectivity index (χ0) is 18.8. The first-order valence-corrected chi connectivity index (χ1v) is 8.88. The van der Waals surface area contributed by atoms with E-state index in [9.17, 15) is 9.59 Å². The van der Waals surface area contributed by atoms with E-state index in [4.69, 9.17) is 0 Å². The van der Waals surface area contributed by atoms with Gasteiger partial charge >= 0.3 is 0 Å². The lowest BCUT2D eigenvalue weighted by molar-refractivity contribution is -0.126. The molecule has 1 aliphatic heterocycles. The largest absolute Gasteiger partial charge is 0.352 e. The molecule has 0 radical (unpaired) electrons. The average molecular weight is 360 g/mol. The number of hydrogen-bond donors (Lipinski definition) is 2. The van der Waals surface area contributed by atoms with Crippen molar-refractivity contribution in [2.75, 3.05) is 5.32 Å². The molecule has 3 aromatic rings. The van der Waals surface area contributed by atoms with Gasteiger partial charge in [-0.1, -0.05) is 60.2 Å². The third-order valence-corrected chi connectivity index (χ3v) is 4.71. The Hall–Kier alpha value is -3.41. The molecule has 0 spiro atoms. The van der Waals surface area contributed by atoms with Crippen LogP contribution in [0.1, 0.15) is 23.6 Å². The van der Waals surface area contributed by atoms with Crippen molar-refractivity contribution in [1.82, 2.24) is 15.1 Å². The molecule has 6 heteroatoms. The fourth-order valence-electron chi connectivity index (χ4n) is 3.20. The van der Waals surface area contributed by atoms with E-state index in [2.05, 4.69) is 15.7 Å². The number of carbonyl (C=O) groups is 2. The van der Waals surface area contributed by atoms with Gasteiger partial charge in [-0.25, -0.2) is 4.68 Å². The summed E-state index contributed by atoms with van der Waals surface area (Å²) in [4.78, 5) is 24.7. The van der Waals surface area contributed by atoms with Gasteiger partial charge in [0.05, 0.1) is 12.6 Å². The maximum absolute atomic E-state index is 12.4. The van der Waals surface area contributed by atoms with Crippen molar-refractivity contribution < 1.29 is 9.59 Å². The van der Waals surface area contributed by atoms with Crippen molar-refractivity contribution in [3.05, 3.63) is 71.9 Å². The molecule has 1 aromatic heterocycles. The Morgan fingerprint density at radius 1 is 1.15 bits per heavy atom. The zero-order valence-corrected chi connectivity index (χ0v) is 15.0. The van der Waals surface area contributed by atoms with Gasteiger partial charge in [-0.05, 0) is 18.1 Å². The fraction of sp³-hybridized carbons (Fsp3) is 0.190. The molecular weight excluding hydrogens is 340 g/mol. The summed E-state index contributed by atoms with van der Waals surface area (Å²) in [7, 11) is 0. The van der Waals surface area contributed by atoms with Crippen LogP contribution in [-0.4, -0.2) is 21.6 Å². The number of carbonyl (C=O) groups excluding carboxylic acids is 2. The molecule has 1 unspecified atom stereocenters. The van der Waals surface area contributed by atoms with Crippen molar-refractivity contribution in [3.63, 3.8) is 0 Å². The maximum Gasteiger partial charge on any atom is 0.251 e. The van der Waals surface area contributed by atoms with Crippen LogP contribution in [0, 0.1) is 6.92 Å². The second-order valence-corrected chi connectivity index (χ2v) is 6.69. The van der Waals surface area contributed by atoms with Gasteiger partial charge in [-0.15, -0.1) is 0 Å². The van der Waals surface area contributed by atoms with E-state index in [1.807, 2.05) is 61.5 Å². The van der Waals surface area contributed by atoms with Crippen molar-refractivity contribution in [1.29, 1.82) is 0 Å². The van der Waals surface area contributed by atoms with Crippen molar-refractivity contribution in [3.8, 4) is 11.1 Å². The van der Waals surface area contributed by atoms with Crippen molar-refractivity contribution in [2.45, 2.75) is 25.9 Å². The number of nitrogens with one attached hydrogen (secondary N) is 2. The molecule has 27 heavy (non-hydrogen) atoms. The Labute approximate surface area is 157 Å². The molecule has 2 aromatic carbocycles. The number of anilines is 1. The number of benzene rings is 2. The minimum absolute atomic E-state index is 0.0562. The van der Waals surface area contributed by atoms with Gasteiger partial charge < -0.3 is 10.6 Å². The summed E-state index contributed by atoms with van der Waals surface area (Å²) in [5.74, 6) is 0.255. The summed E-state index contributed by atoms with van der Waals surface area (Å²) in [6, 6.07) is 17.1. The molecule has 1 aliphatic rings. The van der Waals surface area contributed by atoms with Crippen LogP contribution in [-0.2, 0) is 16.1 Å². The summed E-state index contributed by atoms with van der Waals surface area (Å²) in [5.41, 5.74) is 4.02. The van der Waals surface area contributed by atoms with E-state index in [1.165, 1.54) is 5.56 Å². The highest BCUT2D eigenvalue weighted by Crippen LogP contribution is 2.35. The molecule has 0 saturated carbocycles. The van der Waals surface area contributed by atoms with E-state index >= 15 is 0 Å². The van der Waals surface area contributed by atoms with Crippen LogP contribution in [0.5, 0.6) is 0 Å². The van der Waals surface area contributed by atoms with Gasteiger partial charge in [0.15, 0.2) is 0 Å². The highest BCUT2D eigenvalue weighted by Gasteiger charge is 2.34. The highest BCUT2D eigenvalue weighted by atomic mass is 16.2. The Morgan fingerprint density at radius 2 is 1.89 bits per heavy atom. The van der Waals surface area contributed by atoms with Crippen LogP contribution in [0.3, 0.4) is 0 Å². The summed E-state index contributed by atoms with van der Waals surface area (Å²) in [5, 5.41) is 10.1. The van der Waals surface area contributed by atoms with Crippen molar-refractivity contribution >= 4 is 17.6 Å². The van der Waals surface area contributed by atoms with Gasteiger partial charge in [0.2, 0.25) is 5.91 Å². The topological polar surface area (TPSA) is 76.0 Å². The predicted octanol–water partition coefficient (Wildman–Crippen LogP) is 3.06. The average Bonchev–Trinajstić information content (AvgIpc) is 3.21. The van der Waals surface area contributed by atoms with E-state index in [-0.39, 0.29) is 18.2 Å². The lowest BCUT2D eigenvalue weighted by Gasteiger charge is -2.10. The quantitative estimate of drug-likeness (QED) is 0.734. The van der Waals surface area contributed by atoms with Crippen LogP contribution < -0.4 is 10.6 Å². The summed E-state index contributed by atoms with van der Waals surface area (Å²) in [6.07, 6.45) is 1.79. The molecule has 4 rings (SSSR count). The first-order valence-electron chi connectivity index (χ1n) is 8.88. The van der Waals surface area contributed by atoms with Crippen molar-refractivity contribution in [2.24, 2.45) is 0 Å². The van der Waals surface area contributed by atoms with Crippen LogP contribution in [0.15, 0.2) is 60.8 Å². The number of nitrogens with zero attached hydrogens (tertiary/aromatic N) is 2. The Kier molecular flexibility index (Phi) is 4.46. The predicted molar refractivity (Wildman–Crippen MR) is 103 cm³/mol. The molecule has 0 fully saturated rings. The highest BCUT2D eigenvalue weighted by molar-refractivity contribution is 6.02. The summed E-state index contributed by atoms with van der Waals surface area (Å²) < 4.78 is 1.61. The van der Waals surface area contributed by atoms with E-state index in [1.54, 1.807) is 10.9 Å². The first-order chi connectivity index (χ1) is 13.1. The van der Waals surface area contributed by atoms with Crippen LogP contribution in [0.25, 0.3) is 11.1 Å². The molecule has 2 heterocycles. The van der Waals surface area contributed by atoms with E-state index in [0.29, 0.717) is 12.4 Å². The molecule has 0 bridgehead atoms. The number of aromatic nitrogens is 2. The van der Waals surface area contributed by atoms with Crippen LogP contribution in [0.2, 0.25) is 0 Å². The minimum Gasteiger partial charge on any atom is -0.352 e. The molecule has 2 N–H and O–H groups in total. The zero-order valence-electron chi connectivity index (χ0n) is 15.0. The van der Waals surface area contributed by atoms with Gasteiger partial charge in [0.1, 0.15) is 11.9 Å². The standard InChI is InChI=1S/C21H20N4O2/c1-14-7-9-16(10-8-14)17-13-23-25-18(21(27)24-20(17)25)11-19(26)22-12-15-5-3-2-4-6-15/h2-10,13,18H,11-12H2,1H3,(H,22,26)(H,24,27). The Bertz CT molecular complexity index is 977. The Balaban J connectivity index is 1.47. The molecule has 136 valence electrons. The van der Waals surface area contributed by atoms with E-state index < -0.39 is 6.04 Å².